The lowest BCUT2D eigenvalue weighted by Crippen LogP contribution is -2.14. The molecule has 0 aliphatic heterocycles. The Kier molecular flexibility index (Phi) is 5.98. The van der Waals surface area contributed by atoms with E-state index in [2.05, 4.69) is 111 Å². The number of aromatic nitrogens is 3. The van der Waals surface area contributed by atoms with Crippen molar-refractivity contribution in [1.29, 1.82) is 0 Å². The number of benzene rings is 8. The fraction of sp³-hybridized carbons (Fsp3) is 0.0625. The summed E-state index contributed by atoms with van der Waals surface area (Å²) in [6, 6.07) is 53.7. The molecule has 8 aromatic carbocycles. The van der Waals surface area contributed by atoms with Crippen LogP contribution in [0, 0.1) is 0 Å². The van der Waals surface area contributed by atoms with Crippen molar-refractivity contribution in [2.75, 3.05) is 0 Å². The first-order valence-electron chi connectivity index (χ1n) is 17.8. The summed E-state index contributed by atoms with van der Waals surface area (Å²) >= 11 is 0. The fourth-order valence-electron chi connectivity index (χ4n) is 8.53. The van der Waals surface area contributed by atoms with Gasteiger partial charge in [-0.2, -0.15) is 0 Å². The average Bonchev–Trinajstić information content (AvgIpc) is 3.69. The molecule has 0 saturated carbocycles. The standard InChI is InChI=1S/C48H31N3O/c1-48(2)39-14-8-6-13-38(39)44-37-23-18-28-16-17-30-26-31(19-21-33(30)43(28)36(37)24-25-40(44)48)46-49-45(29-10-4-3-5-11-29)50-47(51-46)32-20-22-35-34-12-7-9-15-41(34)52-42(35)27-32/h3-27H,1-2H3. The van der Waals surface area contributed by atoms with Crippen LogP contribution in [-0.2, 0) is 5.41 Å². The molecule has 10 aromatic rings. The Morgan fingerprint density at radius 1 is 0.423 bits per heavy atom. The number of para-hydroxylation sites is 1. The molecule has 0 spiro atoms. The smallest absolute Gasteiger partial charge is 0.164 e. The average molecular weight is 666 g/mol. The van der Waals surface area contributed by atoms with Crippen molar-refractivity contribution in [1.82, 2.24) is 15.0 Å². The molecule has 0 saturated heterocycles. The Labute approximate surface area is 300 Å². The topological polar surface area (TPSA) is 51.8 Å². The summed E-state index contributed by atoms with van der Waals surface area (Å²) in [5.41, 5.74) is 9.88. The molecular weight excluding hydrogens is 635 g/mol. The minimum Gasteiger partial charge on any atom is -0.456 e. The minimum atomic E-state index is -0.0391. The largest absolute Gasteiger partial charge is 0.456 e. The Morgan fingerprint density at radius 2 is 1.04 bits per heavy atom. The van der Waals surface area contributed by atoms with E-state index in [-0.39, 0.29) is 5.41 Å². The summed E-state index contributed by atoms with van der Waals surface area (Å²) in [6.45, 7) is 4.68. The number of hydrogen-bond acceptors (Lipinski definition) is 4. The zero-order valence-corrected chi connectivity index (χ0v) is 28.7. The molecule has 1 aliphatic carbocycles. The van der Waals surface area contributed by atoms with Gasteiger partial charge in [-0.3, -0.25) is 0 Å². The van der Waals surface area contributed by atoms with Crippen molar-refractivity contribution in [3.05, 3.63) is 163 Å². The van der Waals surface area contributed by atoms with E-state index in [9.17, 15) is 0 Å². The van der Waals surface area contributed by atoms with Crippen LogP contribution in [-0.4, -0.2) is 15.0 Å². The molecule has 52 heavy (non-hydrogen) atoms. The van der Waals surface area contributed by atoms with Crippen LogP contribution in [0.4, 0.5) is 0 Å². The molecule has 0 bridgehead atoms. The van der Waals surface area contributed by atoms with Crippen molar-refractivity contribution in [3.63, 3.8) is 0 Å². The van der Waals surface area contributed by atoms with Gasteiger partial charge in [-0.1, -0.05) is 141 Å². The first kappa shape index (κ1) is 29.1. The second-order valence-corrected chi connectivity index (χ2v) is 14.4. The van der Waals surface area contributed by atoms with Crippen LogP contribution >= 0.6 is 0 Å². The zero-order chi connectivity index (χ0) is 34.6. The zero-order valence-electron chi connectivity index (χ0n) is 28.7. The summed E-state index contributed by atoms with van der Waals surface area (Å²) < 4.78 is 6.24. The number of hydrogen-bond donors (Lipinski definition) is 0. The van der Waals surface area contributed by atoms with Gasteiger partial charge < -0.3 is 4.42 Å². The highest BCUT2D eigenvalue weighted by atomic mass is 16.3. The van der Waals surface area contributed by atoms with Gasteiger partial charge in [0.05, 0.1) is 0 Å². The van der Waals surface area contributed by atoms with E-state index in [1.165, 1.54) is 49.2 Å². The van der Waals surface area contributed by atoms with Crippen molar-refractivity contribution in [2.45, 2.75) is 19.3 Å². The lowest BCUT2D eigenvalue weighted by Gasteiger charge is -2.21. The maximum Gasteiger partial charge on any atom is 0.164 e. The third kappa shape index (κ3) is 4.18. The molecule has 4 heteroatoms. The van der Waals surface area contributed by atoms with Crippen LogP contribution in [0.25, 0.3) is 99.5 Å². The Hall–Kier alpha value is -6.65. The van der Waals surface area contributed by atoms with E-state index in [1.807, 2.05) is 54.6 Å². The summed E-state index contributed by atoms with van der Waals surface area (Å²) in [5.74, 6) is 1.87. The van der Waals surface area contributed by atoms with Gasteiger partial charge in [-0.25, -0.2) is 15.0 Å². The predicted octanol–water partition coefficient (Wildman–Crippen LogP) is 12.5. The van der Waals surface area contributed by atoms with Gasteiger partial charge in [-0.15, -0.1) is 0 Å². The van der Waals surface area contributed by atoms with Crippen LogP contribution in [0.1, 0.15) is 25.0 Å². The third-order valence-electron chi connectivity index (χ3n) is 11.1. The van der Waals surface area contributed by atoms with E-state index in [0.717, 1.165) is 44.0 Å². The van der Waals surface area contributed by atoms with Gasteiger partial charge in [0.2, 0.25) is 0 Å². The van der Waals surface area contributed by atoms with Crippen molar-refractivity contribution >= 4 is 54.3 Å². The molecule has 2 heterocycles. The van der Waals surface area contributed by atoms with E-state index in [4.69, 9.17) is 19.4 Å². The minimum absolute atomic E-state index is 0.0391. The molecule has 11 rings (SSSR count). The van der Waals surface area contributed by atoms with Gasteiger partial charge in [0, 0.05) is 32.9 Å². The molecular formula is C48H31N3O. The lowest BCUT2D eigenvalue weighted by atomic mass is 9.82. The van der Waals surface area contributed by atoms with Gasteiger partial charge in [0.25, 0.3) is 0 Å². The maximum absolute atomic E-state index is 6.24. The van der Waals surface area contributed by atoms with Gasteiger partial charge >= 0.3 is 0 Å². The van der Waals surface area contributed by atoms with Crippen molar-refractivity contribution in [3.8, 4) is 45.3 Å². The number of rotatable bonds is 3. The second kappa shape index (κ2) is 10.7. The molecule has 0 amide bonds. The van der Waals surface area contributed by atoms with E-state index in [0.29, 0.717) is 17.5 Å². The van der Waals surface area contributed by atoms with Gasteiger partial charge in [0.15, 0.2) is 17.5 Å². The van der Waals surface area contributed by atoms with E-state index >= 15 is 0 Å². The first-order chi connectivity index (χ1) is 25.5. The highest BCUT2D eigenvalue weighted by Crippen LogP contribution is 2.52. The summed E-state index contributed by atoms with van der Waals surface area (Å²) in [5, 5.41) is 9.60. The van der Waals surface area contributed by atoms with Crippen LogP contribution in [0.3, 0.4) is 0 Å². The highest BCUT2D eigenvalue weighted by Gasteiger charge is 2.36. The van der Waals surface area contributed by atoms with Crippen molar-refractivity contribution < 1.29 is 4.42 Å². The normalized spacial score (nSPS) is 13.3. The summed E-state index contributed by atoms with van der Waals surface area (Å²) in [4.78, 5) is 15.1. The monoisotopic (exact) mass is 665 g/mol. The third-order valence-corrected chi connectivity index (χ3v) is 11.1. The Bertz CT molecular complexity index is 3100. The molecule has 0 N–H and O–H groups in total. The van der Waals surface area contributed by atoms with Gasteiger partial charge in [0.1, 0.15) is 11.2 Å². The van der Waals surface area contributed by atoms with Gasteiger partial charge in [-0.05, 0) is 78.8 Å². The quantitative estimate of drug-likeness (QED) is 0.176. The number of nitrogens with zero attached hydrogens (tertiary/aromatic N) is 3. The molecule has 0 atom stereocenters. The molecule has 1 aliphatic rings. The molecule has 244 valence electrons. The lowest BCUT2D eigenvalue weighted by molar-refractivity contribution is 0.661. The van der Waals surface area contributed by atoms with Crippen molar-refractivity contribution in [2.24, 2.45) is 0 Å². The Balaban J connectivity index is 1.09. The maximum atomic E-state index is 6.24. The van der Waals surface area contributed by atoms with Crippen LogP contribution < -0.4 is 0 Å². The summed E-state index contributed by atoms with van der Waals surface area (Å²) in [6.07, 6.45) is 0. The van der Waals surface area contributed by atoms with E-state index < -0.39 is 0 Å². The molecule has 2 aromatic heterocycles. The van der Waals surface area contributed by atoms with Crippen LogP contribution in [0.15, 0.2) is 156 Å². The predicted molar refractivity (Wildman–Crippen MR) is 213 cm³/mol. The SMILES string of the molecule is CC1(C)c2ccccc2-c2c1ccc1c2ccc2ccc3cc(-c4nc(-c5ccccc5)nc(-c5ccc6c(c5)oc5ccccc56)n4)ccc3c21. The number of furan rings is 1. The van der Waals surface area contributed by atoms with Crippen LogP contribution in [0.2, 0.25) is 0 Å². The first-order valence-corrected chi connectivity index (χ1v) is 17.8. The van der Waals surface area contributed by atoms with E-state index in [1.54, 1.807) is 0 Å². The second-order valence-electron chi connectivity index (χ2n) is 14.4. The highest BCUT2D eigenvalue weighted by molar-refractivity contribution is 6.23. The fourth-order valence-corrected chi connectivity index (χ4v) is 8.53. The molecule has 0 radical (unpaired) electrons. The number of fused-ring (bicyclic) bond motifs is 12. The van der Waals surface area contributed by atoms with Crippen LogP contribution in [0.5, 0.6) is 0 Å². The molecule has 4 nitrogen and oxygen atoms in total. The Morgan fingerprint density at radius 3 is 1.88 bits per heavy atom. The summed E-state index contributed by atoms with van der Waals surface area (Å²) in [7, 11) is 0. The molecule has 0 unspecified atom stereocenters. The molecule has 0 fully saturated rings.